The van der Waals surface area contributed by atoms with Crippen LogP contribution in [0.3, 0.4) is 0 Å². The lowest BCUT2D eigenvalue weighted by molar-refractivity contribution is -0.120. The molecule has 3 rings (SSSR count). The monoisotopic (exact) mass is 380 g/mol. The van der Waals surface area contributed by atoms with Crippen LogP contribution >= 0.6 is 0 Å². The van der Waals surface area contributed by atoms with E-state index in [1.807, 2.05) is 36.0 Å². The summed E-state index contributed by atoms with van der Waals surface area (Å²) in [5.74, 6) is -0.532. The molecule has 0 aliphatic rings. The van der Waals surface area contributed by atoms with Gasteiger partial charge in [-0.1, -0.05) is 12.1 Å². The molecular weight excluding hydrogens is 356 g/mol. The van der Waals surface area contributed by atoms with Gasteiger partial charge < -0.3 is 10.6 Å². The summed E-state index contributed by atoms with van der Waals surface area (Å²) in [6.45, 7) is 4.98. The van der Waals surface area contributed by atoms with Crippen LogP contribution in [-0.4, -0.2) is 43.3 Å². The molecule has 0 radical (unpaired) electrons. The third-order valence-electron chi connectivity index (χ3n) is 4.63. The second kappa shape index (κ2) is 8.08. The topological polar surface area (TPSA) is 99.0 Å². The Balaban J connectivity index is 1.76. The summed E-state index contributed by atoms with van der Waals surface area (Å²) < 4.78 is 3.35. The maximum absolute atomic E-state index is 12.8. The van der Waals surface area contributed by atoms with Crippen LogP contribution in [0.5, 0.6) is 0 Å². The van der Waals surface area contributed by atoms with Gasteiger partial charge in [-0.05, 0) is 31.5 Å². The van der Waals surface area contributed by atoms with E-state index >= 15 is 0 Å². The summed E-state index contributed by atoms with van der Waals surface area (Å²) in [7, 11) is 1.77. The van der Waals surface area contributed by atoms with Crippen LogP contribution < -0.4 is 5.73 Å². The molecule has 3 aromatic rings. The molecule has 1 aromatic carbocycles. The SMILES string of the molecule is CCn1cc(CN(C)C(=O)c2cccc(-c3cnn(C(C)C(N)=O)c3)c2)cn1. The van der Waals surface area contributed by atoms with Crippen LogP contribution in [-0.2, 0) is 17.9 Å². The van der Waals surface area contributed by atoms with E-state index in [0.29, 0.717) is 12.1 Å². The first-order valence-corrected chi connectivity index (χ1v) is 9.09. The number of aryl methyl sites for hydroxylation is 1. The maximum Gasteiger partial charge on any atom is 0.253 e. The molecule has 1 atom stereocenters. The average Bonchev–Trinajstić information content (AvgIpc) is 3.36. The van der Waals surface area contributed by atoms with E-state index in [4.69, 9.17) is 5.73 Å². The van der Waals surface area contributed by atoms with Crippen LogP contribution in [0.4, 0.5) is 0 Å². The minimum absolute atomic E-state index is 0.0796. The zero-order chi connectivity index (χ0) is 20.3. The Morgan fingerprint density at radius 1 is 1.18 bits per heavy atom. The van der Waals surface area contributed by atoms with Crippen molar-refractivity contribution in [3.05, 3.63) is 60.2 Å². The molecule has 28 heavy (non-hydrogen) atoms. The number of nitrogens with zero attached hydrogens (tertiary/aromatic N) is 5. The summed E-state index contributed by atoms with van der Waals surface area (Å²) in [5, 5.41) is 8.44. The lowest BCUT2D eigenvalue weighted by Crippen LogP contribution is -2.26. The lowest BCUT2D eigenvalue weighted by atomic mass is 10.1. The molecule has 8 nitrogen and oxygen atoms in total. The van der Waals surface area contributed by atoms with Crippen LogP contribution in [0.25, 0.3) is 11.1 Å². The highest BCUT2D eigenvalue weighted by Gasteiger charge is 2.16. The van der Waals surface area contributed by atoms with Gasteiger partial charge in [0.05, 0.1) is 12.4 Å². The van der Waals surface area contributed by atoms with Crippen LogP contribution in [0.2, 0.25) is 0 Å². The molecule has 2 heterocycles. The van der Waals surface area contributed by atoms with Crippen molar-refractivity contribution in [1.82, 2.24) is 24.5 Å². The number of carbonyl (C=O) groups is 2. The van der Waals surface area contributed by atoms with E-state index in [-0.39, 0.29) is 5.91 Å². The van der Waals surface area contributed by atoms with Crippen molar-refractivity contribution in [2.75, 3.05) is 7.05 Å². The molecule has 1 unspecified atom stereocenters. The van der Waals surface area contributed by atoms with Crippen molar-refractivity contribution in [3.63, 3.8) is 0 Å². The van der Waals surface area contributed by atoms with Crippen LogP contribution in [0.1, 0.15) is 35.8 Å². The quantitative estimate of drug-likeness (QED) is 0.678. The number of nitrogens with two attached hydrogens (primary N) is 1. The molecule has 8 heteroatoms. The zero-order valence-corrected chi connectivity index (χ0v) is 16.2. The molecule has 2 aromatic heterocycles. The van der Waals surface area contributed by atoms with Crippen molar-refractivity contribution in [1.29, 1.82) is 0 Å². The molecular formula is C20H24N6O2. The second-order valence-corrected chi connectivity index (χ2v) is 6.73. The van der Waals surface area contributed by atoms with Crippen molar-refractivity contribution >= 4 is 11.8 Å². The minimum Gasteiger partial charge on any atom is -0.368 e. The third-order valence-corrected chi connectivity index (χ3v) is 4.63. The Labute approximate surface area is 163 Å². The van der Waals surface area contributed by atoms with E-state index in [9.17, 15) is 9.59 Å². The van der Waals surface area contributed by atoms with Gasteiger partial charge in [0.15, 0.2) is 0 Å². The van der Waals surface area contributed by atoms with Crippen molar-refractivity contribution in [2.24, 2.45) is 5.73 Å². The first-order chi connectivity index (χ1) is 13.4. The summed E-state index contributed by atoms with van der Waals surface area (Å²) >= 11 is 0. The summed E-state index contributed by atoms with van der Waals surface area (Å²) in [4.78, 5) is 25.8. The maximum atomic E-state index is 12.8. The summed E-state index contributed by atoms with van der Waals surface area (Å²) in [6.07, 6.45) is 7.13. The van der Waals surface area contributed by atoms with Crippen LogP contribution in [0.15, 0.2) is 49.1 Å². The number of primary amides is 1. The van der Waals surface area contributed by atoms with Gasteiger partial charge in [-0.15, -0.1) is 0 Å². The summed E-state index contributed by atoms with van der Waals surface area (Å²) in [6, 6.07) is 6.81. The van der Waals surface area contributed by atoms with E-state index < -0.39 is 11.9 Å². The smallest absolute Gasteiger partial charge is 0.253 e. The number of benzene rings is 1. The van der Waals surface area contributed by atoms with Crippen LogP contribution in [0, 0.1) is 0 Å². The van der Waals surface area contributed by atoms with Gasteiger partial charge in [-0.2, -0.15) is 10.2 Å². The first-order valence-electron chi connectivity index (χ1n) is 9.09. The molecule has 0 aliphatic carbocycles. The summed E-state index contributed by atoms with van der Waals surface area (Å²) in [5.41, 5.74) is 8.56. The molecule has 0 saturated heterocycles. The zero-order valence-electron chi connectivity index (χ0n) is 16.2. The first kappa shape index (κ1) is 19.3. The molecule has 146 valence electrons. The van der Waals surface area contributed by atoms with Gasteiger partial charge in [0.25, 0.3) is 5.91 Å². The van der Waals surface area contributed by atoms with Crippen molar-refractivity contribution in [3.8, 4) is 11.1 Å². The molecule has 2 N–H and O–H groups in total. The van der Waals surface area contributed by atoms with Crippen molar-refractivity contribution in [2.45, 2.75) is 33.0 Å². The fourth-order valence-electron chi connectivity index (χ4n) is 2.89. The second-order valence-electron chi connectivity index (χ2n) is 6.73. The Bertz CT molecular complexity index is 990. The highest BCUT2D eigenvalue weighted by Crippen LogP contribution is 2.22. The van der Waals surface area contributed by atoms with Gasteiger partial charge >= 0.3 is 0 Å². The van der Waals surface area contributed by atoms with Gasteiger partial charge in [-0.25, -0.2) is 0 Å². The molecule has 0 fully saturated rings. The average molecular weight is 380 g/mol. The molecule has 0 aliphatic heterocycles. The normalized spacial score (nSPS) is 12.0. The van der Waals surface area contributed by atoms with E-state index in [0.717, 1.165) is 23.2 Å². The number of carbonyl (C=O) groups excluding carboxylic acids is 2. The van der Waals surface area contributed by atoms with Gasteiger partial charge in [-0.3, -0.25) is 19.0 Å². The molecule has 0 bridgehead atoms. The Morgan fingerprint density at radius 2 is 1.96 bits per heavy atom. The number of amides is 2. The highest BCUT2D eigenvalue weighted by atomic mass is 16.2. The predicted octanol–water partition coefficient (Wildman–Crippen LogP) is 2.08. The molecule has 0 saturated carbocycles. The lowest BCUT2D eigenvalue weighted by Gasteiger charge is -2.16. The van der Waals surface area contributed by atoms with E-state index in [1.165, 1.54) is 4.68 Å². The van der Waals surface area contributed by atoms with E-state index in [2.05, 4.69) is 10.2 Å². The molecule has 2 amide bonds. The Morgan fingerprint density at radius 3 is 2.64 bits per heavy atom. The van der Waals surface area contributed by atoms with E-state index in [1.54, 1.807) is 43.5 Å². The van der Waals surface area contributed by atoms with Gasteiger partial charge in [0, 0.05) is 49.2 Å². The third kappa shape index (κ3) is 4.11. The van der Waals surface area contributed by atoms with Gasteiger partial charge in [0.2, 0.25) is 5.91 Å². The standard InChI is InChI=1S/C20H24N6O2/c1-4-25-12-15(9-22-25)11-24(3)20(28)17-7-5-6-16(8-17)18-10-23-26(13-18)14(2)19(21)27/h5-10,12-14H,4,11H2,1-3H3,(H2,21,27). The minimum atomic E-state index is -0.534. The number of aromatic nitrogens is 4. The fourth-order valence-corrected chi connectivity index (χ4v) is 2.89. The number of hydrogen-bond donors (Lipinski definition) is 1. The largest absolute Gasteiger partial charge is 0.368 e. The number of rotatable bonds is 7. The molecule has 0 spiro atoms. The van der Waals surface area contributed by atoms with Gasteiger partial charge in [0.1, 0.15) is 6.04 Å². The van der Waals surface area contributed by atoms with Crippen molar-refractivity contribution < 1.29 is 9.59 Å². The fraction of sp³-hybridized carbons (Fsp3) is 0.300. The highest BCUT2D eigenvalue weighted by molar-refractivity contribution is 5.95. The Hall–Kier alpha value is -3.42. The number of hydrogen-bond acceptors (Lipinski definition) is 4. The Kier molecular flexibility index (Phi) is 5.58. The predicted molar refractivity (Wildman–Crippen MR) is 105 cm³/mol.